The van der Waals surface area contributed by atoms with Crippen molar-refractivity contribution in [2.45, 2.75) is 26.2 Å². The van der Waals surface area contributed by atoms with E-state index in [0.717, 1.165) is 37.7 Å². The Morgan fingerprint density at radius 1 is 1.67 bits per heavy atom. The third-order valence-corrected chi connectivity index (χ3v) is 3.99. The molecule has 3 nitrogen and oxygen atoms in total. The zero-order valence-corrected chi connectivity index (χ0v) is 10.1. The summed E-state index contributed by atoms with van der Waals surface area (Å²) in [5, 5.41) is 3.32. The first-order valence-corrected chi connectivity index (χ1v) is 6.54. The first-order chi connectivity index (χ1) is 7.29. The number of aromatic nitrogens is 1. The number of anilines is 1. The van der Waals surface area contributed by atoms with Crippen LogP contribution in [-0.2, 0) is 0 Å². The second-order valence-electron chi connectivity index (χ2n) is 4.30. The van der Waals surface area contributed by atoms with Gasteiger partial charge in [0, 0.05) is 18.5 Å². The summed E-state index contributed by atoms with van der Waals surface area (Å²) in [4.78, 5) is 6.96. The van der Waals surface area contributed by atoms with E-state index < -0.39 is 0 Å². The maximum Gasteiger partial charge on any atom is 0.185 e. The summed E-state index contributed by atoms with van der Waals surface area (Å²) in [5.41, 5.74) is 6.75. The van der Waals surface area contributed by atoms with Crippen molar-refractivity contribution in [1.82, 2.24) is 4.98 Å². The van der Waals surface area contributed by atoms with Crippen molar-refractivity contribution < 1.29 is 0 Å². The third kappa shape index (κ3) is 2.69. The van der Waals surface area contributed by atoms with Gasteiger partial charge in [-0.15, -0.1) is 11.3 Å². The molecule has 84 valence electrons. The summed E-state index contributed by atoms with van der Waals surface area (Å²) in [6.45, 7) is 5.18. The second-order valence-corrected chi connectivity index (χ2v) is 5.14. The van der Waals surface area contributed by atoms with Gasteiger partial charge in [-0.3, -0.25) is 0 Å². The van der Waals surface area contributed by atoms with Crippen molar-refractivity contribution >= 4 is 16.5 Å². The van der Waals surface area contributed by atoms with Gasteiger partial charge in [0.2, 0.25) is 0 Å². The van der Waals surface area contributed by atoms with Crippen molar-refractivity contribution in [3.63, 3.8) is 0 Å². The van der Waals surface area contributed by atoms with Gasteiger partial charge >= 0.3 is 0 Å². The summed E-state index contributed by atoms with van der Waals surface area (Å²) in [7, 11) is 0. The standard InChI is InChI=1S/C11H19N3S/c1-9-8-15-11(13-9)14-6-2-3-10(7-14)4-5-12/h8,10H,2-7,12H2,1H3. The van der Waals surface area contributed by atoms with Gasteiger partial charge in [-0.05, 0) is 38.6 Å². The number of hydrogen-bond donors (Lipinski definition) is 1. The smallest absolute Gasteiger partial charge is 0.185 e. The Labute approximate surface area is 95.3 Å². The molecule has 2 N–H and O–H groups in total. The molecule has 0 spiro atoms. The van der Waals surface area contributed by atoms with E-state index in [-0.39, 0.29) is 0 Å². The Kier molecular flexibility index (Phi) is 3.59. The molecule has 1 saturated heterocycles. The van der Waals surface area contributed by atoms with Crippen LogP contribution in [0.15, 0.2) is 5.38 Å². The van der Waals surface area contributed by atoms with E-state index in [1.807, 2.05) is 0 Å². The number of thiazole rings is 1. The lowest BCUT2D eigenvalue weighted by molar-refractivity contribution is 0.396. The van der Waals surface area contributed by atoms with Crippen LogP contribution in [0.4, 0.5) is 5.13 Å². The predicted molar refractivity (Wildman–Crippen MR) is 65.5 cm³/mol. The van der Waals surface area contributed by atoms with Gasteiger partial charge in [-0.2, -0.15) is 0 Å². The van der Waals surface area contributed by atoms with Crippen LogP contribution in [0.3, 0.4) is 0 Å². The number of piperidine rings is 1. The van der Waals surface area contributed by atoms with Gasteiger partial charge in [0.15, 0.2) is 5.13 Å². The van der Waals surface area contributed by atoms with E-state index >= 15 is 0 Å². The highest BCUT2D eigenvalue weighted by Crippen LogP contribution is 2.27. The zero-order valence-electron chi connectivity index (χ0n) is 9.28. The normalized spacial score (nSPS) is 22.0. The third-order valence-electron chi connectivity index (χ3n) is 2.97. The average Bonchev–Trinajstić information content (AvgIpc) is 2.66. The van der Waals surface area contributed by atoms with Gasteiger partial charge in [-0.1, -0.05) is 0 Å². The topological polar surface area (TPSA) is 42.1 Å². The van der Waals surface area contributed by atoms with E-state index in [1.54, 1.807) is 11.3 Å². The molecule has 1 aliphatic rings. The molecule has 0 amide bonds. The summed E-state index contributed by atoms with van der Waals surface area (Å²) in [6, 6.07) is 0. The summed E-state index contributed by atoms with van der Waals surface area (Å²) < 4.78 is 0. The van der Waals surface area contributed by atoms with Crippen LogP contribution < -0.4 is 10.6 Å². The lowest BCUT2D eigenvalue weighted by atomic mass is 9.95. The maximum absolute atomic E-state index is 5.62. The Bertz CT molecular complexity index is 309. The molecule has 1 atom stereocenters. The van der Waals surface area contributed by atoms with Crippen LogP contribution in [0.2, 0.25) is 0 Å². The lowest BCUT2D eigenvalue weighted by Crippen LogP contribution is -2.36. The number of nitrogens with two attached hydrogens (primary N) is 1. The highest BCUT2D eigenvalue weighted by atomic mass is 32.1. The molecule has 1 fully saturated rings. The Morgan fingerprint density at radius 2 is 2.53 bits per heavy atom. The van der Waals surface area contributed by atoms with Gasteiger partial charge in [0.25, 0.3) is 0 Å². The average molecular weight is 225 g/mol. The minimum absolute atomic E-state index is 0.771. The fourth-order valence-electron chi connectivity index (χ4n) is 2.20. The molecule has 0 aromatic carbocycles. The molecule has 1 unspecified atom stereocenters. The molecule has 1 aliphatic heterocycles. The van der Waals surface area contributed by atoms with E-state index in [4.69, 9.17) is 5.73 Å². The number of nitrogens with zero attached hydrogens (tertiary/aromatic N) is 2. The Balaban J connectivity index is 1.98. The molecule has 2 rings (SSSR count). The van der Waals surface area contributed by atoms with E-state index in [1.165, 1.54) is 18.0 Å². The first kappa shape index (κ1) is 10.9. The monoisotopic (exact) mass is 225 g/mol. The molecule has 0 radical (unpaired) electrons. The molecule has 15 heavy (non-hydrogen) atoms. The SMILES string of the molecule is Cc1csc(N2CCCC(CCN)C2)n1. The van der Waals surface area contributed by atoms with Gasteiger partial charge < -0.3 is 10.6 Å². The summed E-state index contributed by atoms with van der Waals surface area (Å²) in [5.74, 6) is 0.771. The lowest BCUT2D eigenvalue weighted by Gasteiger charge is -2.32. The highest BCUT2D eigenvalue weighted by Gasteiger charge is 2.20. The molecule has 4 heteroatoms. The fourth-order valence-corrected chi connectivity index (χ4v) is 3.04. The van der Waals surface area contributed by atoms with Crippen LogP contribution in [0.25, 0.3) is 0 Å². The minimum atomic E-state index is 0.771. The van der Waals surface area contributed by atoms with Crippen molar-refractivity contribution in [1.29, 1.82) is 0 Å². The Hall–Kier alpha value is -0.610. The molecule has 1 aromatic rings. The minimum Gasteiger partial charge on any atom is -0.348 e. The molecule has 2 heterocycles. The molecule has 1 aromatic heterocycles. The van der Waals surface area contributed by atoms with E-state index in [0.29, 0.717) is 0 Å². The first-order valence-electron chi connectivity index (χ1n) is 5.66. The molecule has 0 aliphatic carbocycles. The Morgan fingerprint density at radius 3 is 3.20 bits per heavy atom. The quantitative estimate of drug-likeness (QED) is 0.855. The molecule has 0 bridgehead atoms. The second kappa shape index (κ2) is 4.94. The largest absolute Gasteiger partial charge is 0.348 e. The van der Waals surface area contributed by atoms with Crippen LogP contribution in [0.5, 0.6) is 0 Å². The summed E-state index contributed by atoms with van der Waals surface area (Å²) >= 11 is 1.76. The molecular weight excluding hydrogens is 206 g/mol. The molecular formula is C11H19N3S. The van der Waals surface area contributed by atoms with Crippen molar-refractivity contribution in [3.8, 4) is 0 Å². The zero-order chi connectivity index (χ0) is 10.7. The van der Waals surface area contributed by atoms with Crippen LogP contribution in [0, 0.1) is 12.8 Å². The van der Waals surface area contributed by atoms with E-state index in [9.17, 15) is 0 Å². The van der Waals surface area contributed by atoms with Crippen LogP contribution >= 0.6 is 11.3 Å². The van der Waals surface area contributed by atoms with Crippen LogP contribution in [0.1, 0.15) is 25.0 Å². The van der Waals surface area contributed by atoms with Gasteiger partial charge in [0.05, 0.1) is 5.69 Å². The van der Waals surface area contributed by atoms with Crippen molar-refractivity contribution in [2.75, 3.05) is 24.5 Å². The van der Waals surface area contributed by atoms with Gasteiger partial charge in [-0.25, -0.2) is 4.98 Å². The maximum atomic E-state index is 5.62. The molecule has 0 saturated carbocycles. The number of hydrogen-bond acceptors (Lipinski definition) is 4. The fraction of sp³-hybridized carbons (Fsp3) is 0.727. The van der Waals surface area contributed by atoms with Crippen molar-refractivity contribution in [2.24, 2.45) is 11.7 Å². The number of rotatable bonds is 3. The van der Waals surface area contributed by atoms with Gasteiger partial charge in [0.1, 0.15) is 0 Å². The van der Waals surface area contributed by atoms with Crippen molar-refractivity contribution in [3.05, 3.63) is 11.1 Å². The number of aryl methyl sites for hydroxylation is 1. The van der Waals surface area contributed by atoms with E-state index in [2.05, 4.69) is 22.2 Å². The van der Waals surface area contributed by atoms with Crippen LogP contribution in [-0.4, -0.2) is 24.6 Å². The predicted octanol–water partition coefficient (Wildman–Crippen LogP) is 2.02. The summed E-state index contributed by atoms with van der Waals surface area (Å²) in [6.07, 6.45) is 3.77. The highest BCUT2D eigenvalue weighted by molar-refractivity contribution is 7.13.